The van der Waals surface area contributed by atoms with Crippen LogP contribution >= 0.6 is 11.6 Å². The Bertz CT molecular complexity index is 126. The summed E-state index contributed by atoms with van der Waals surface area (Å²) in [6.07, 6.45) is 5.16. The summed E-state index contributed by atoms with van der Waals surface area (Å²) in [7, 11) is 0. The van der Waals surface area contributed by atoms with Gasteiger partial charge in [0.25, 0.3) is 0 Å². The molecule has 1 saturated heterocycles. The van der Waals surface area contributed by atoms with E-state index >= 15 is 0 Å². The van der Waals surface area contributed by atoms with Crippen LogP contribution in [0.15, 0.2) is 0 Å². The number of hydrogen-bond acceptors (Lipinski definition) is 2. The van der Waals surface area contributed by atoms with Crippen molar-refractivity contribution in [1.82, 2.24) is 5.32 Å². The first kappa shape index (κ1) is 11.3. The minimum Gasteiger partial charge on any atom is -0.377 e. The quantitative estimate of drug-likeness (QED) is 0.672. The van der Waals surface area contributed by atoms with Crippen LogP contribution in [0.2, 0.25) is 0 Å². The SMILES string of the molecule is CC(CCCCl)NCC1CCCO1. The fraction of sp³-hybridized carbons (Fsp3) is 1.00. The molecule has 1 N–H and O–H groups in total. The molecule has 0 aromatic heterocycles. The zero-order chi connectivity index (χ0) is 9.52. The van der Waals surface area contributed by atoms with Gasteiger partial charge in [-0.1, -0.05) is 0 Å². The predicted octanol–water partition coefficient (Wildman–Crippen LogP) is 2.16. The lowest BCUT2D eigenvalue weighted by atomic mass is 10.2. The van der Waals surface area contributed by atoms with Gasteiger partial charge in [-0.25, -0.2) is 0 Å². The summed E-state index contributed by atoms with van der Waals surface area (Å²) in [6.45, 7) is 4.16. The summed E-state index contributed by atoms with van der Waals surface area (Å²) in [6, 6.07) is 0.572. The van der Waals surface area contributed by atoms with E-state index in [1.54, 1.807) is 0 Å². The molecule has 1 rings (SSSR count). The number of alkyl halides is 1. The third kappa shape index (κ3) is 4.84. The molecule has 78 valence electrons. The van der Waals surface area contributed by atoms with E-state index in [9.17, 15) is 0 Å². The van der Waals surface area contributed by atoms with Crippen molar-refractivity contribution in [2.45, 2.75) is 44.8 Å². The summed E-state index contributed by atoms with van der Waals surface area (Å²) in [4.78, 5) is 0. The Labute approximate surface area is 86.0 Å². The molecule has 0 radical (unpaired) electrons. The van der Waals surface area contributed by atoms with Crippen molar-refractivity contribution < 1.29 is 4.74 Å². The Balaban J connectivity index is 1.97. The Kier molecular flexibility index (Phi) is 5.76. The fourth-order valence-electron chi connectivity index (χ4n) is 1.62. The molecule has 13 heavy (non-hydrogen) atoms. The lowest BCUT2D eigenvalue weighted by Gasteiger charge is -2.16. The summed E-state index contributed by atoms with van der Waals surface area (Å²) in [5, 5.41) is 3.48. The van der Waals surface area contributed by atoms with Crippen LogP contribution in [0.5, 0.6) is 0 Å². The summed E-state index contributed by atoms with van der Waals surface area (Å²) in [5.74, 6) is 0.770. The molecule has 0 bridgehead atoms. The van der Waals surface area contributed by atoms with E-state index in [2.05, 4.69) is 12.2 Å². The highest BCUT2D eigenvalue weighted by Crippen LogP contribution is 2.11. The molecule has 0 saturated carbocycles. The van der Waals surface area contributed by atoms with Crippen LogP contribution < -0.4 is 5.32 Å². The van der Waals surface area contributed by atoms with Crippen molar-refractivity contribution in [3.8, 4) is 0 Å². The highest BCUT2D eigenvalue weighted by atomic mass is 35.5. The van der Waals surface area contributed by atoms with Gasteiger partial charge in [0.05, 0.1) is 6.10 Å². The fourth-order valence-corrected chi connectivity index (χ4v) is 1.78. The molecule has 0 aliphatic carbocycles. The molecule has 0 amide bonds. The predicted molar refractivity (Wildman–Crippen MR) is 56.4 cm³/mol. The number of nitrogens with one attached hydrogen (secondary N) is 1. The second-order valence-electron chi connectivity index (χ2n) is 3.78. The van der Waals surface area contributed by atoms with Crippen molar-refractivity contribution in [3.63, 3.8) is 0 Å². The van der Waals surface area contributed by atoms with Crippen LogP contribution in [0.4, 0.5) is 0 Å². The van der Waals surface area contributed by atoms with Crippen molar-refractivity contribution in [3.05, 3.63) is 0 Å². The Morgan fingerprint density at radius 2 is 2.46 bits per heavy atom. The number of rotatable bonds is 6. The highest BCUT2D eigenvalue weighted by Gasteiger charge is 2.15. The Hall–Kier alpha value is 0.210. The smallest absolute Gasteiger partial charge is 0.0700 e. The minimum absolute atomic E-state index is 0.457. The van der Waals surface area contributed by atoms with Gasteiger partial charge in [-0.05, 0) is 32.6 Å². The molecular formula is C10H20ClNO. The van der Waals surface area contributed by atoms with Gasteiger partial charge in [-0.15, -0.1) is 11.6 Å². The van der Waals surface area contributed by atoms with Crippen molar-refractivity contribution in [2.24, 2.45) is 0 Å². The van der Waals surface area contributed by atoms with Crippen LogP contribution in [0.25, 0.3) is 0 Å². The summed E-state index contributed by atoms with van der Waals surface area (Å²) >= 11 is 5.62. The first-order valence-electron chi connectivity index (χ1n) is 5.24. The summed E-state index contributed by atoms with van der Waals surface area (Å²) in [5.41, 5.74) is 0. The van der Waals surface area contributed by atoms with E-state index in [4.69, 9.17) is 16.3 Å². The van der Waals surface area contributed by atoms with Gasteiger partial charge in [-0.2, -0.15) is 0 Å². The maximum Gasteiger partial charge on any atom is 0.0700 e. The van der Waals surface area contributed by atoms with Gasteiger partial charge in [-0.3, -0.25) is 0 Å². The monoisotopic (exact) mass is 205 g/mol. The van der Waals surface area contributed by atoms with Crippen molar-refractivity contribution >= 4 is 11.6 Å². The first-order valence-corrected chi connectivity index (χ1v) is 5.77. The van der Waals surface area contributed by atoms with E-state index in [0.29, 0.717) is 12.1 Å². The van der Waals surface area contributed by atoms with E-state index in [-0.39, 0.29) is 0 Å². The molecule has 3 heteroatoms. The average Bonchev–Trinajstić information content (AvgIpc) is 2.64. The molecule has 0 spiro atoms. The van der Waals surface area contributed by atoms with E-state index in [1.165, 1.54) is 12.8 Å². The maximum absolute atomic E-state index is 5.62. The lowest BCUT2D eigenvalue weighted by Crippen LogP contribution is -2.33. The van der Waals surface area contributed by atoms with Gasteiger partial charge in [0.15, 0.2) is 0 Å². The highest BCUT2D eigenvalue weighted by molar-refractivity contribution is 6.17. The molecule has 0 aromatic rings. The van der Waals surface area contributed by atoms with E-state index in [0.717, 1.165) is 31.9 Å². The first-order chi connectivity index (χ1) is 6.33. The lowest BCUT2D eigenvalue weighted by molar-refractivity contribution is 0.107. The van der Waals surface area contributed by atoms with Gasteiger partial charge in [0.2, 0.25) is 0 Å². The molecule has 1 heterocycles. The average molecular weight is 206 g/mol. The Morgan fingerprint density at radius 1 is 1.62 bits per heavy atom. The van der Waals surface area contributed by atoms with Crippen molar-refractivity contribution in [1.29, 1.82) is 0 Å². The number of ether oxygens (including phenoxy) is 1. The van der Waals surface area contributed by atoms with Gasteiger partial charge in [0, 0.05) is 25.1 Å². The molecule has 1 aliphatic rings. The zero-order valence-corrected chi connectivity index (χ0v) is 9.15. The molecule has 2 atom stereocenters. The number of hydrogen-bond donors (Lipinski definition) is 1. The van der Waals surface area contributed by atoms with Crippen LogP contribution in [0.3, 0.4) is 0 Å². The third-order valence-corrected chi connectivity index (χ3v) is 2.76. The van der Waals surface area contributed by atoms with Crippen LogP contribution in [-0.4, -0.2) is 31.2 Å². The minimum atomic E-state index is 0.457. The molecule has 0 aromatic carbocycles. The number of halogens is 1. The zero-order valence-electron chi connectivity index (χ0n) is 8.39. The Morgan fingerprint density at radius 3 is 3.08 bits per heavy atom. The molecule has 1 aliphatic heterocycles. The normalized spacial score (nSPS) is 24.9. The summed E-state index contributed by atoms with van der Waals surface area (Å²) < 4.78 is 5.52. The van der Waals surface area contributed by atoms with Gasteiger partial charge in [0.1, 0.15) is 0 Å². The van der Waals surface area contributed by atoms with Crippen LogP contribution in [-0.2, 0) is 4.74 Å². The standard InChI is InChI=1S/C10H20ClNO/c1-9(4-2-6-11)12-8-10-5-3-7-13-10/h9-10,12H,2-8H2,1H3. The maximum atomic E-state index is 5.62. The van der Waals surface area contributed by atoms with E-state index in [1.807, 2.05) is 0 Å². The second kappa shape index (κ2) is 6.63. The van der Waals surface area contributed by atoms with Gasteiger partial charge < -0.3 is 10.1 Å². The van der Waals surface area contributed by atoms with Gasteiger partial charge >= 0.3 is 0 Å². The van der Waals surface area contributed by atoms with E-state index < -0.39 is 0 Å². The molecule has 1 fully saturated rings. The van der Waals surface area contributed by atoms with Crippen LogP contribution in [0.1, 0.15) is 32.6 Å². The topological polar surface area (TPSA) is 21.3 Å². The third-order valence-electron chi connectivity index (χ3n) is 2.49. The largest absolute Gasteiger partial charge is 0.377 e. The van der Waals surface area contributed by atoms with Crippen LogP contribution in [0, 0.1) is 0 Å². The van der Waals surface area contributed by atoms with Crippen molar-refractivity contribution in [2.75, 3.05) is 19.0 Å². The molecule has 2 nitrogen and oxygen atoms in total. The second-order valence-corrected chi connectivity index (χ2v) is 4.15. The molecular weight excluding hydrogens is 186 g/mol. The molecule has 2 unspecified atom stereocenters.